The van der Waals surface area contributed by atoms with Crippen molar-refractivity contribution in [2.75, 3.05) is 26.2 Å². The second-order valence-electron chi connectivity index (χ2n) is 8.65. The molecule has 0 bridgehead atoms. The fraction of sp³-hybridized carbons (Fsp3) is 0.400. The van der Waals surface area contributed by atoms with Crippen LogP contribution < -0.4 is 15.4 Å². The van der Waals surface area contributed by atoms with E-state index in [1.165, 1.54) is 0 Å². The monoisotopic (exact) mass is 435 g/mol. The molecule has 2 aliphatic heterocycles. The summed E-state index contributed by atoms with van der Waals surface area (Å²) in [5, 5.41) is 5.88. The molecule has 0 saturated carbocycles. The van der Waals surface area contributed by atoms with Crippen LogP contribution in [-0.4, -0.2) is 54.4 Å². The lowest BCUT2D eigenvalue weighted by Crippen LogP contribution is -2.46. The number of rotatable bonds is 5. The first-order chi connectivity index (χ1) is 15.5. The first-order valence-electron chi connectivity index (χ1n) is 11.1. The van der Waals surface area contributed by atoms with Crippen molar-refractivity contribution in [1.82, 2.24) is 15.5 Å². The lowest BCUT2D eigenvalue weighted by molar-refractivity contribution is -0.135. The molecule has 1 saturated heterocycles. The fourth-order valence-corrected chi connectivity index (χ4v) is 4.27. The molecule has 0 aromatic heterocycles. The second-order valence-corrected chi connectivity index (χ2v) is 8.65. The van der Waals surface area contributed by atoms with Gasteiger partial charge in [0.25, 0.3) is 5.91 Å². The molecule has 3 amide bonds. The van der Waals surface area contributed by atoms with Crippen molar-refractivity contribution in [2.24, 2.45) is 0 Å². The van der Waals surface area contributed by atoms with Crippen LogP contribution in [0.2, 0.25) is 0 Å². The molecule has 4 rings (SSSR count). The molecule has 2 heterocycles. The van der Waals surface area contributed by atoms with Gasteiger partial charge in [-0.2, -0.15) is 0 Å². The quantitative estimate of drug-likeness (QED) is 0.755. The zero-order valence-electron chi connectivity index (χ0n) is 18.3. The number of nitrogens with zero attached hydrogens (tertiary/aromatic N) is 1. The number of hydrogen-bond acceptors (Lipinski definition) is 4. The highest BCUT2D eigenvalue weighted by Crippen LogP contribution is 2.33. The zero-order chi connectivity index (χ0) is 22.6. The van der Waals surface area contributed by atoms with Gasteiger partial charge in [-0.15, -0.1) is 0 Å². The van der Waals surface area contributed by atoms with E-state index in [4.69, 9.17) is 4.74 Å². The molecule has 168 valence electrons. The average molecular weight is 436 g/mol. The number of benzene rings is 2. The van der Waals surface area contributed by atoms with Gasteiger partial charge in [0.1, 0.15) is 11.4 Å². The molecule has 2 atom stereocenters. The van der Waals surface area contributed by atoms with Gasteiger partial charge in [-0.05, 0) is 30.0 Å². The first-order valence-corrected chi connectivity index (χ1v) is 11.1. The molecule has 7 heteroatoms. The zero-order valence-corrected chi connectivity index (χ0v) is 18.3. The lowest BCUT2D eigenvalue weighted by atomic mass is 9.94. The number of para-hydroxylation sites is 1. The van der Waals surface area contributed by atoms with E-state index in [0.717, 1.165) is 5.56 Å². The minimum absolute atomic E-state index is 0.0272. The number of hydrogen-bond donors (Lipinski definition) is 2. The molecule has 2 aromatic carbocycles. The van der Waals surface area contributed by atoms with Gasteiger partial charge in [0.05, 0.1) is 18.7 Å². The molecule has 2 unspecified atom stereocenters. The van der Waals surface area contributed by atoms with Crippen LogP contribution in [0.15, 0.2) is 54.6 Å². The van der Waals surface area contributed by atoms with E-state index in [1.54, 1.807) is 23.1 Å². The SMILES string of the molecule is CC(CNC(=O)CN1CCC2(CCC1=O)CNC(=O)c1ccccc1O2)c1ccccc1. The molecule has 2 aromatic rings. The maximum absolute atomic E-state index is 12.7. The predicted octanol–water partition coefficient (Wildman–Crippen LogP) is 2.48. The molecule has 32 heavy (non-hydrogen) atoms. The Morgan fingerprint density at radius 3 is 2.69 bits per heavy atom. The Hall–Kier alpha value is -3.35. The molecule has 2 aliphatic rings. The summed E-state index contributed by atoms with van der Waals surface area (Å²) in [4.78, 5) is 39.3. The minimum atomic E-state index is -0.662. The standard InChI is InChI=1S/C25H29N3O4/c1-18(19-7-3-2-4-8-19)15-26-22(29)16-28-14-13-25(12-11-23(28)30)17-27-24(31)20-9-5-6-10-21(20)32-25/h2-10,18H,11-17H2,1H3,(H,26,29)(H,27,31). The highest BCUT2D eigenvalue weighted by atomic mass is 16.5. The van der Waals surface area contributed by atoms with E-state index in [9.17, 15) is 14.4 Å². The summed E-state index contributed by atoms with van der Waals surface area (Å²) in [5.74, 6) is 0.317. The van der Waals surface area contributed by atoms with Crippen LogP contribution in [-0.2, 0) is 9.59 Å². The van der Waals surface area contributed by atoms with Crippen molar-refractivity contribution in [2.45, 2.75) is 37.7 Å². The predicted molar refractivity (Wildman–Crippen MR) is 120 cm³/mol. The van der Waals surface area contributed by atoms with Gasteiger partial charge in [0.15, 0.2) is 0 Å². The largest absolute Gasteiger partial charge is 0.485 e. The molecular formula is C25H29N3O4. The summed E-state index contributed by atoms with van der Waals surface area (Å²) < 4.78 is 6.30. The number of nitrogens with one attached hydrogen (secondary N) is 2. The topological polar surface area (TPSA) is 87.7 Å². The average Bonchev–Trinajstić information content (AvgIpc) is 3.05. The van der Waals surface area contributed by atoms with Crippen LogP contribution in [0.4, 0.5) is 0 Å². The van der Waals surface area contributed by atoms with E-state index in [2.05, 4.69) is 17.6 Å². The van der Waals surface area contributed by atoms with Crippen LogP contribution in [0.3, 0.4) is 0 Å². The Balaban J connectivity index is 1.36. The Morgan fingerprint density at radius 1 is 1.12 bits per heavy atom. The van der Waals surface area contributed by atoms with Gasteiger partial charge in [-0.25, -0.2) is 0 Å². The molecule has 2 N–H and O–H groups in total. The van der Waals surface area contributed by atoms with E-state index in [0.29, 0.717) is 43.8 Å². The van der Waals surface area contributed by atoms with Gasteiger partial charge < -0.3 is 20.3 Å². The summed E-state index contributed by atoms with van der Waals surface area (Å²) >= 11 is 0. The van der Waals surface area contributed by atoms with Crippen LogP contribution in [0, 0.1) is 0 Å². The normalized spacial score (nSPS) is 21.6. The molecule has 7 nitrogen and oxygen atoms in total. The molecule has 0 aliphatic carbocycles. The van der Waals surface area contributed by atoms with Gasteiger partial charge in [0, 0.05) is 25.9 Å². The molecule has 1 fully saturated rings. The first kappa shape index (κ1) is 21.9. The van der Waals surface area contributed by atoms with Crippen molar-refractivity contribution in [3.63, 3.8) is 0 Å². The van der Waals surface area contributed by atoms with Crippen molar-refractivity contribution in [1.29, 1.82) is 0 Å². The number of amides is 3. The lowest BCUT2D eigenvalue weighted by Gasteiger charge is -2.32. The summed E-state index contributed by atoms with van der Waals surface area (Å²) in [6, 6.07) is 17.2. The van der Waals surface area contributed by atoms with Gasteiger partial charge >= 0.3 is 0 Å². The van der Waals surface area contributed by atoms with E-state index >= 15 is 0 Å². The number of ether oxygens (including phenoxy) is 1. The Bertz CT molecular complexity index is 994. The van der Waals surface area contributed by atoms with Gasteiger partial charge in [-0.1, -0.05) is 49.4 Å². The number of fused-ring (bicyclic) bond motifs is 1. The van der Waals surface area contributed by atoms with Gasteiger partial charge in [-0.3, -0.25) is 14.4 Å². The third-order valence-electron chi connectivity index (χ3n) is 6.32. The van der Waals surface area contributed by atoms with E-state index < -0.39 is 5.60 Å². The van der Waals surface area contributed by atoms with E-state index in [1.807, 2.05) is 36.4 Å². The van der Waals surface area contributed by atoms with E-state index in [-0.39, 0.29) is 36.6 Å². The maximum atomic E-state index is 12.7. The summed E-state index contributed by atoms with van der Waals surface area (Å²) in [5.41, 5.74) is 1.00. The number of likely N-dealkylation sites (tertiary alicyclic amines) is 1. The Kier molecular flexibility index (Phi) is 6.44. The van der Waals surface area contributed by atoms with Crippen molar-refractivity contribution in [3.8, 4) is 5.75 Å². The molecule has 1 spiro atoms. The van der Waals surface area contributed by atoms with Crippen LogP contribution in [0.1, 0.15) is 48.0 Å². The number of carbonyl (C=O) groups is 3. The van der Waals surface area contributed by atoms with Crippen LogP contribution >= 0.6 is 0 Å². The van der Waals surface area contributed by atoms with Gasteiger partial charge in [0.2, 0.25) is 11.8 Å². The number of carbonyl (C=O) groups excluding carboxylic acids is 3. The highest BCUT2D eigenvalue weighted by Gasteiger charge is 2.40. The van der Waals surface area contributed by atoms with Crippen molar-refractivity contribution >= 4 is 17.7 Å². The summed E-state index contributed by atoms with van der Waals surface area (Å²) in [6.45, 7) is 3.34. The Morgan fingerprint density at radius 2 is 1.88 bits per heavy atom. The minimum Gasteiger partial charge on any atom is -0.485 e. The van der Waals surface area contributed by atoms with Crippen LogP contribution in [0.25, 0.3) is 0 Å². The third kappa shape index (κ3) is 4.93. The molecule has 0 radical (unpaired) electrons. The smallest absolute Gasteiger partial charge is 0.255 e. The third-order valence-corrected chi connectivity index (χ3v) is 6.32. The van der Waals surface area contributed by atoms with Crippen molar-refractivity contribution in [3.05, 3.63) is 65.7 Å². The van der Waals surface area contributed by atoms with Crippen LogP contribution in [0.5, 0.6) is 5.75 Å². The highest BCUT2D eigenvalue weighted by molar-refractivity contribution is 5.97. The van der Waals surface area contributed by atoms with Crippen molar-refractivity contribution < 1.29 is 19.1 Å². The summed E-state index contributed by atoms with van der Waals surface area (Å²) in [6.07, 6.45) is 1.30. The molecular weight excluding hydrogens is 406 g/mol. The second kappa shape index (κ2) is 9.42. The Labute approximate surface area is 188 Å². The fourth-order valence-electron chi connectivity index (χ4n) is 4.27. The summed E-state index contributed by atoms with van der Waals surface area (Å²) in [7, 11) is 0. The maximum Gasteiger partial charge on any atom is 0.255 e.